The van der Waals surface area contributed by atoms with E-state index >= 15 is 0 Å². The third-order valence-corrected chi connectivity index (χ3v) is 4.03. The fourth-order valence-electron chi connectivity index (χ4n) is 2.74. The molecule has 21 heavy (non-hydrogen) atoms. The number of alkyl halides is 3. The molecule has 0 saturated heterocycles. The van der Waals surface area contributed by atoms with Crippen molar-refractivity contribution >= 4 is 0 Å². The van der Waals surface area contributed by atoms with Crippen molar-refractivity contribution in [3.63, 3.8) is 0 Å². The van der Waals surface area contributed by atoms with Crippen molar-refractivity contribution in [3.8, 4) is 0 Å². The van der Waals surface area contributed by atoms with Gasteiger partial charge in [-0.3, -0.25) is 4.90 Å². The van der Waals surface area contributed by atoms with Gasteiger partial charge in [-0.05, 0) is 31.7 Å². The van der Waals surface area contributed by atoms with Crippen molar-refractivity contribution in [1.82, 2.24) is 4.90 Å². The van der Waals surface area contributed by atoms with Gasteiger partial charge in [0.15, 0.2) is 0 Å². The maximum atomic E-state index is 12.9. The van der Waals surface area contributed by atoms with Crippen molar-refractivity contribution in [3.05, 3.63) is 35.4 Å². The van der Waals surface area contributed by atoms with E-state index in [1.165, 1.54) is 0 Å². The predicted octanol–water partition coefficient (Wildman–Crippen LogP) is 3.80. The average Bonchev–Trinajstić information content (AvgIpc) is 3.22. The molecule has 0 radical (unpaired) electrons. The van der Waals surface area contributed by atoms with Crippen LogP contribution in [0.5, 0.6) is 0 Å². The first-order valence-corrected chi connectivity index (χ1v) is 7.46. The zero-order valence-corrected chi connectivity index (χ0v) is 12.5. The SMILES string of the molecule is CCC(N)C(c1ccc(C)cc1)N(CC(F)(F)F)C1CC1. The lowest BCUT2D eigenvalue weighted by atomic mass is 9.95. The summed E-state index contributed by atoms with van der Waals surface area (Å²) >= 11 is 0. The molecule has 0 aromatic heterocycles. The zero-order valence-electron chi connectivity index (χ0n) is 12.5. The van der Waals surface area contributed by atoms with Gasteiger partial charge in [0.1, 0.15) is 0 Å². The summed E-state index contributed by atoms with van der Waals surface area (Å²) in [6.07, 6.45) is -1.89. The topological polar surface area (TPSA) is 29.3 Å². The molecular weight excluding hydrogens is 277 g/mol. The number of hydrogen-bond donors (Lipinski definition) is 1. The summed E-state index contributed by atoms with van der Waals surface area (Å²) < 4.78 is 38.8. The summed E-state index contributed by atoms with van der Waals surface area (Å²) in [5.74, 6) is 0. The summed E-state index contributed by atoms with van der Waals surface area (Å²) in [5, 5.41) is 0. The van der Waals surface area contributed by atoms with E-state index in [4.69, 9.17) is 5.73 Å². The van der Waals surface area contributed by atoms with Gasteiger partial charge in [-0.1, -0.05) is 36.8 Å². The Kier molecular flexibility index (Phi) is 4.94. The van der Waals surface area contributed by atoms with Gasteiger partial charge in [0.05, 0.1) is 12.6 Å². The van der Waals surface area contributed by atoms with Crippen LogP contribution in [0, 0.1) is 6.92 Å². The predicted molar refractivity (Wildman–Crippen MR) is 78.0 cm³/mol. The molecule has 2 unspecified atom stereocenters. The van der Waals surface area contributed by atoms with Gasteiger partial charge in [0.25, 0.3) is 0 Å². The molecule has 5 heteroatoms. The minimum absolute atomic E-state index is 0.00975. The van der Waals surface area contributed by atoms with E-state index in [0.29, 0.717) is 6.42 Å². The molecule has 2 rings (SSSR count). The normalized spacial score (nSPS) is 18.8. The Balaban J connectivity index is 2.30. The first-order valence-electron chi connectivity index (χ1n) is 7.46. The molecule has 0 spiro atoms. The smallest absolute Gasteiger partial charge is 0.326 e. The Morgan fingerprint density at radius 3 is 2.24 bits per heavy atom. The fraction of sp³-hybridized carbons (Fsp3) is 0.625. The fourth-order valence-corrected chi connectivity index (χ4v) is 2.74. The van der Waals surface area contributed by atoms with Gasteiger partial charge in [0, 0.05) is 12.1 Å². The lowest BCUT2D eigenvalue weighted by Gasteiger charge is -2.36. The second kappa shape index (κ2) is 6.36. The van der Waals surface area contributed by atoms with E-state index in [9.17, 15) is 13.2 Å². The quantitative estimate of drug-likeness (QED) is 0.866. The maximum absolute atomic E-state index is 12.9. The number of benzene rings is 1. The van der Waals surface area contributed by atoms with Crippen molar-refractivity contribution in [1.29, 1.82) is 0 Å². The van der Waals surface area contributed by atoms with E-state index in [0.717, 1.165) is 24.0 Å². The van der Waals surface area contributed by atoms with Crippen molar-refractivity contribution < 1.29 is 13.2 Å². The lowest BCUT2D eigenvalue weighted by Crippen LogP contribution is -2.46. The summed E-state index contributed by atoms with van der Waals surface area (Å²) in [7, 11) is 0. The molecule has 2 N–H and O–H groups in total. The molecule has 2 atom stereocenters. The van der Waals surface area contributed by atoms with Gasteiger partial charge in [-0.2, -0.15) is 13.2 Å². The Morgan fingerprint density at radius 1 is 1.24 bits per heavy atom. The second-order valence-electron chi connectivity index (χ2n) is 5.95. The molecule has 2 nitrogen and oxygen atoms in total. The monoisotopic (exact) mass is 300 g/mol. The standard InChI is InChI=1S/C16H23F3N2/c1-3-14(20)15(12-6-4-11(2)5-7-12)21(13-8-9-13)10-16(17,18)19/h4-7,13-15H,3,8-10,20H2,1-2H3. The van der Waals surface area contributed by atoms with E-state index in [1.807, 2.05) is 38.1 Å². The van der Waals surface area contributed by atoms with Gasteiger partial charge < -0.3 is 5.73 Å². The van der Waals surface area contributed by atoms with E-state index < -0.39 is 12.7 Å². The third kappa shape index (κ3) is 4.45. The number of hydrogen-bond acceptors (Lipinski definition) is 2. The Labute approximate surface area is 124 Å². The van der Waals surface area contributed by atoms with Crippen molar-refractivity contribution in [2.24, 2.45) is 5.73 Å². The molecule has 0 amide bonds. The third-order valence-electron chi connectivity index (χ3n) is 4.03. The van der Waals surface area contributed by atoms with Crippen LogP contribution in [0.3, 0.4) is 0 Å². The molecule has 1 aromatic rings. The van der Waals surface area contributed by atoms with E-state index in [2.05, 4.69) is 0 Å². The molecule has 0 aliphatic heterocycles. The number of rotatable bonds is 6. The number of aryl methyl sites for hydroxylation is 1. The van der Waals surface area contributed by atoms with Crippen molar-refractivity contribution in [2.45, 2.75) is 57.4 Å². The zero-order chi connectivity index (χ0) is 15.6. The van der Waals surface area contributed by atoms with Crippen LogP contribution < -0.4 is 5.73 Å². The lowest BCUT2D eigenvalue weighted by molar-refractivity contribution is -0.153. The van der Waals surface area contributed by atoms with Crippen LogP contribution in [-0.2, 0) is 0 Å². The first kappa shape index (κ1) is 16.3. The van der Waals surface area contributed by atoms with Gasteiger partial charge in [-0.15, -0.1) is 0 Å². The van der Waals surface area contributed by atoms with Gasteiger partial charge >= 0.3 is 6.18 Å². The second-order valence-corrected chi connectivity index (χ2v) is 5.95. The molecule has 1 aliphatic carbocycles. The van der Waals surface area contributed by atoms with Crippen LogP contribution in [0.2, 0.25) is 0 Å². The highest BCUT2D eigenvalue weighted by Crippen LogP contribution is 2.38. The highest BCUT2D eigenvalue weighted by molar-refractivity contribution is 5.26. The molecule has 1 fully saturated rings. The molecule has 1 aliphatic rings. The highest BCUT2D eigenvalue weighted by Gasteiger charge is 2.43. The van der Waals surface area contributed by atoms with Crippen LogP contribution in [0.1, 0.15) is 43.4 Å². The Bertz CT molecular complexity index is 452. The Morgan fingerprint density at radius 2 is 1.81 bits per heavy atom. The van der Waals surface area contributed by atoms with Crippen LogP contribution in [0.15, 0.2) is 24.3 Å². The number of halogens is 3. The van der Waals surface area contributed by atoms with Crippen LogP contribution in [0.4, 0.5) is 13.2 Å². The molecular formula is C16H23F3N2. The van der Waals surface area contributed by atoms with Gasteiger partial charge in [-0.25, -0.2) is 0 Å². The van der Waals surface area contributed by atoms with Crippen LogP contribution in [-0.4, -0.2) is 29.7 Å². The molecule has 1 saturated carbocycles. The molecule has 0 heterocycles. The minimum atomic E-state index is -4.20. The average molecular weight is 300 g/mol. The summed E-state index contributed by atoms with van der Waals surface area (Å²) in [4.78, 5) is 1.55. The van der Waals surface area contributed by atoms with E-state index in [1.54, 1.807) is 4.90 Å². The molecule has 118 valence electrons. The Hall–Kier alpha value is -1.07. The van der Waals surface area contributed by atoms with E-state index in [-0.39, 0.29) is 18.1 Å². The molecule has 0 bridgehead atoms. The summed E-state index contributed by atoms with van der Waals surface area (Å²) in [6.45, 7) is 3.00. The van der Waals surface area contributed by atoms with Crippen LogP contribution in [0.25, 0.3) is 0 Å². The van der Waals surface area contributed by atoms with Crippen LogP contribution >= 0.6 is 0 Å². The summed E-state index contributed by atoms with van der Waals surface area (Å²) in [5.41, 5.74) is 8.14. The largest absolute Gasteiger partial charge is 0.401 e. The summed E-state index contributed by atoms with van der Waals surface area (Å²) in [6, 6.07) is 7.02. The maximum Gasteiger partial charge on any atom is 0.401 e. The van der Waals surface area contributed by atoms with Gasteiger partial charge in [0.2, 0.25) is 0 Å². The number of nitrogens with zero attached hydrogens (tertiary/aromatic N) is 1. The highest BCUT2D eigenvalue weighted by atomic mass is 19.4. The number of nitrogens with two attached hydrogens (primary N) is 1. The minimum Gasteiger partial charge on any atom is -0.326 e. The van der Waals surface area contributed by atoms with Crippen molar-refractivity contribution in [2.75, 3.05) is 6.54 Å². The first-order chi connectivity index (χ1) is 9.81. The molecule has 1 aromatic carbocycles.